The predicted molar refractivity (Wildman–Crippen MR) is 120 cm³/mol. The lowest BCUT2D eigenvalue weighted by atomic mass is 10.0. The Morgan fingerprint density at radius 3 is 2.65 bits per heavy atom. The number of benzene rings is 2. The zero-order valence-electron chi connectivity index (χ0n) is 17.9. The summed E-state index contributed by atoms with van der Waals surface area (Å²) in [5.74, 6) is 0.911. The molecule has 178 valence electrons. The Bertz CT molecular complexity index is 1560. The van der Waals surface area contributed by atoms with Gasteiger partial charge in [0.1, 0.15) is 22.7 Å². The number of hydrogen-bond acceptors (Lipinski definition) is 7. The van der Waals surface area contributed by atoms with E-state index in [9.17, 15) is 19.1 Å². The molecule has 2 aromatic carbocycles. The van der Waals surface area contributed by atoms with Gasteiger partial charge in [0.25, 0.3) is 0 Å². The summed E-state index contributed by atoms with van der Waals surface area (Å²) in [5, 5.41) is 9.10. The number of carbonyl (C=O) groups is 1. The molecule has 1 saturated heterocycles. The summed E-state index contributed by atoms with van der Waals surface area (Å²) in [5.41, 5.74) is 4.00. The number of nitrogens with two attached hydrogens (primary N) is 2. The fraction of sp³-hybridized carbons (Fsp3) is 0.273. The molecular weight excluding hydrogens is 455 g/mol. The van der Waals surface area contributed by atoms with Crippen molar-refractivity contribution in [3.05, 3.63) is 51.4 Å². The average Bonchev–Trinajstić information content (AvgIpc) is 3.38. The topological polar surface area (TPSA) is 139 Å². The number of aromatic carboxylic acids is 1. The highest BCUT2D eigenvalue weighted by atomic mass is 19.1. The zero-order chi connectivity index (χ0) is 24.5. The molecule has 2 atom stereocenters. The van der Waals surface area contributed by atoms with E-state index in [0.717, 1.165) is 16.5 Å². The normalized spacial score (nSPS) is 17.2. The fourth-order valence-corrected chi connectivity index (χ4v) is 4.74. The molecule has 0 amide bonds. The number of carboxylic acid groups (broad SMARTS) is 1. The molecule has 2 aromatic heterocycles. The number of oxazole rings is 1. The molecule has 1 aliphatic heterocycles. The summed E-state index contributed by atoms with van der Waals surface area (Å²) in [6, 6.07) is 3.09. The van der Waals surface area contributed by atoms with Crippen LogP contribution in [-0.2, 0) is 0 Å². The van der Waals surface area contributed by atoms with E-state index < -0.39 is 62.4 Å². The number of nitrogen functional groups attached to an aromatic ring is 1. The van der Waals surface area contributed by atoms with Crippen LogP contribution in [0.3, 0.4) is 0 Å². The SMILES string of the molecule is CC(N)C1CCN(c2c(F)c(NN)c3c(=O)c(C(=O)O)c4oc5cc(F)ccc5n4c3c2F)C1. The summed E-state index contributed by atoms with van der Waals surface area (Å²) >= 11 is 0. The number of fused-ring (bicyclic) bond motifs is 5. The number of nitrogens with one attached hydrogen (secondary N) is 1. The molecular formula is C22H20F3N5O4. The lowest BCUT2D eigenvalue weighted by molar-refractivity contribution is 0.0696. The van der Waals surface area contributed by atoms with Crippen molar-refractivity contribution in [2.24, 2.45) is 17.5 Å². The average molecular weight is 475 g/mol. The molecule has 5 rings (SSSR count). The molecule has 0 radical (unpaired) electrons. The third-order valence-electron chi connectivity index (χ3n) is 6.44. The number of rotatable bonds is 4. The Hall–Kier alpha value is -3.77. The maximum Gasteiger partial charge on any atom is 0.345 e. The zero-order valence-corrected chi connectivity index (χ0v) is 17.9. The van der Waals surface area contributed by atoms with Crippen LogP contribution >= 0.6 is 0 Å². The Balaban J connectivity index is 1.99. The van der Waals surface area contributed by atoms with Crippen LogP contribution in [0.2, 0.25) is 0 Å². The third kappa shape index (κ3) is 2.95. The summed E-state index contributed by atoms with van der Waals surface area (Å²) < 4.78 is 52.1. The third-order valence-corrected chi connectivity index (χ3v) is 6.44. The summed E-state index contributed by atoms with van der Waals surface area (Å²) in [4.78, 5) is 26.6. The van der Waals surface area contributed by atoms with Gasteiger partial charge < -0.3 is 25.6 Å². The number of halogens is 3. The van der Waals surface area contributed by atoms with E-state index in [-0.39, 0.29) is 29.6 Å². The molecule has 0 bridgehead atoms. The van der Waals surface area contributed by atoms with Gasteiger partial charge in [0.2, 0.25) is 11.1 Å². The van der Waals surface area contributed by atoms with E-state index in [4.69, 9.17) is 16.0 Å². The quantitative estimate of drug-likeness (QED) is 0.261. The first-order valence-electron chi connectivity index (χ1n) is 10.5. The van der Waals surface area contributed by atoms with Crippen molar-refractivity contribution in [1.82, 2.24) is 4.40 Å². The van der Waals surface area contributed by atoms with Crippen molar-refractivity contribution < 1.29 is 27.5 Å². The van der Waals surface area contributed by atoms with Gasteiger partial charge in [0, 0.05) is 25.2 Å². The van der Waals surface area contributed by atoms with Crippen LogP contribution in [0.5, 0.6) is 0 Å². The van der Waals surface area contributed by atoms with E-state index in [2.05, 4.69) is 5.43 Å². The van der Waals surface area contributed by atoms with Crippen molar-refractivity contribution in [3.63, 3.8) is 0 Å². The van der Waals surface area contributed by atoms with Crippen LogP contribution in [0, 0.1) is 23.4 Å². The predicted octanol–water partition coefficient (Wildman–Crippen LogP) is 2.77. The van der Waals surface area contributed by atoms with E-state index in [1.165, 1.54) is 11.0 Å². The van der Waals surface area contributed by atoms with E-state index in [0.29, 0.717) is 13.0 Å². The van der Waals surface area contributed by atoms with Gasteiger partial charge in [-0.3, -0.25) is 15.0 Å². The van der Waals surface area contributed by atoms with E-state index in [1.807, 2.05) is 0 Å². The number of aromatic nitrogens is 1. The molecule has 12 heteroatoms. The smallest absolute Gasteiger partial charge is 0.345 e. The minimum Gasteiger partial charge on any atom is -0.477 e. The van der Waals surface area contributed by atoms with Crippen molar-refractivity contribution in [1.29, 1.82) is 0 Å². The number of nitrogens with zero attached hydrogens (tertiary/aromatic N) is 2. The maximum absolute atomic E-state index is 16.1. The molecule has 1 aliphatic rings. The molecule has 3 heterocycles. The first-order chi connectivity index (χ1) is 16.1. The second-order valence-electron chi connectivity index (χ2n) is 8.44. The Kier molecular flexibility index (Phi) is 4.95. The number of anilines is 2. The van der Waals surface area contributed by atoms with Gasteiger partial charge in [-0.05, 0) is 31.4 Å². The second-order valence-corrected chi connectivity index (χ2v) is 8.44. The van der Waals surface area contributed by atoms with Gasteiger partial charge >= 0.3 is 5.97 Å². The maximum atomic E-state index is 16.1. The van der Waals surface area contributed by atoms with Crippen LogP contribution in [0.15, 0.2) is 27.4 Å². The number of hydrazine groups is 1. The lowest BCUT2D eigenvalue weighted by Crippen LogP contribution is -2.31. The molecule has 0 aliphatic carbocycles. The molecule has 0 saturated carbocycles. The van der Waals surface area contributed by atoms with Crippen molar-refractivity contribution in [3.8, 4) is 0 Å². The number of hydrogen-bond donors (Lipinski definition) is 4. The molecule has 9 nitrogen and oxygen atoms in total. The van der Waals surface area contributed by atoms with Crippen LogP contribution in [0.4, 0.5) is 24.5 Å². The summed E-state index contributed by atoms with van der Waals surface area (Å²) in [6.07, 6.45) is 0.598. The molecule has 1 fully saturated rings. The van der Waals surface area contributed by atoms with E-state index in [1.54, 1.807) is 6.92 Å². The Morgan fingerprint density at radius 2 is 2.03 bits per heavy atom. The van der Waals surface area contributed by atoms with Crippen molar-refractivity contribution in [2.75, 3.05) is 23.4 Å². The highest BCUT2D eigenvalue weighted by Gasteiger charge is 2.35. The van der Waals surface area contributed by atoms with Gasteiger partial charge in [-0.25, -0.2) is 18.0 Å². The highest BCUT2D eigenvalue weighted by molar-refractivity contribution is 6.06. The van der Waals surface area contributed by atoms with Gasteiger partial charge in [-0.2, -0.15) is 0 Å². The minimum atomic E-state index is -1.68. The van der Waals surface area contributed by atoms with Crippen molar-refractivity contribution in [2.45, 2.75) is 19.4 Å². The molecule has 2 unspecified atom stereocenters. The van der Waals surface area contributed by atoms with Crippen LogP contribution in [0.1, 0.15) is 23.7 Å². The lowest BCUT2D eigenvalue weighted by Gasteiger charge is -2.24. The second kappa shape index (κ2) is 7.64. The summed E-state index contributed by atoms with van der Waals surface area (Å²) in [7, 11) is 0. The Morgan fingerprint density at radius 1 is 1.29 bits per heavy atom. The molecule has 6 N–H and O–H groups in total. The summed E-state index contributed by atoms with van der Waals surface area (Å²) in [6.45, 7) is 2.38. The van der Waals surface area contributed by atoms with E-state index >= 15 is 8.78 Å². The fourth-order valence-electron chi connectivity index (χ4n) is 4.74. The minimum absolute atomic E-state index is 0.0151. The van der Waals surface area contributed by atoms with Gasteiger partial charge in [0.15, 0.2) is 22.8 Å². The van der Waals surface area contributed by atoms with Gasteiger partial charge in [-0.1, -0.05) is 0 Å². The van der Waals surface area contributed by atoms with Crippen LogP contribution in [0.25, 0.3) is 27.7 Å². The molecule has 0 spiro atoms. The first-order valence-corrected chi connectivity index (χ1v) is 10.5. The highest BCUT2D eigenvalue weighted by Crippen LogP contribution is 2.40. The van der Waals surface area contributed by atoms with Crippen LogP contribution in [-0.4, -0.2) is 34.6 Å². The standard InChI is InChI=1S/C22H20F3N5O4/c1-8(26)9-4-5-29(7-9)19-15(24)17(28-27)13-18(16(19)25)30-11-3-2-10(23)6-12(11)34-21(30)14(20(13)31)22(32)33/h2-3,6,8-9,28H,4-5,7,26-27H2,1H3,(H,32,33). The monoisotopic (exact) mass is 475 g/mol. The number of carboxylic acids is 1. The van der Waals surface area contributed by atoms with Gasteiger partial charge in [0.05, 0.1) is 10.9 Å². The molecule has 34 heavy (non-hydrogen) atoms. The molecule has 4 aromatic rings. The van der Waals surface area contributed by atoms with Crippen molar-refractivity contribution >= 4 is 45.1 Å². The largest absolute Gasteiger partial charge is 0.477 e. The first kappa shape index (κ1) is 22.0. The number of pyridine rings is 1. The van der Waals surface area contributed by atoms with Gasteiger partial charge in [-0.15, -0.1) is 0 Å². The van der Waals surface area contributed by atoms with Crippen LogP contribution < -0.4 is 27.3 Å². The Labute approximate surface area is 189 Å².